The molecule has 0 aliphatic heterocycles. The summed E-state index contributed by atoms with van der Waals surface area (Å²) in [5.74, 6) is -0.753. The largest absolute Gasteiger partial charge is 0.463 e. The van der Waals surface area contributed by atoms with E-state index < -0.39 is 5.97 Å². The first-order chi connectivity index (χ1) is 10.6. The predicted octanol–water partition coefficient (Wildman–Crippen LogP) is 2.28. The van der Waals surface area contributed by atoms with E-state index in [-0.39, 0.29) is 12.6 Å². The molecule has 0 aliphatic carbocycles. The Hall–Kier alpha value is -1.66. The molecule has 0 bridgehead atoms. The van der Waals surface area contributed by atoms with Crippen molar-refractivity contribution in [1.29, 1.82) is 0 Å². The highest BCUT2D eigenvalue weighted by Gasteiger charge is 1.94. The Morgan fingerprint density at radius 2 is 1.32 bits per heavy atom. The van der Waals surface area contributed by atoms with Gasteiger partial charge in [-0.2, -0.15) is 0 Å². The number of rotatable bonds is 12. The van der Waals surface area contributed by atoms with Gasteiger partial charge in [0.2, 0.25) is 0 Å². The summed E-state index contributed by atoms with van der Waals surface area (Å²) in [6, 6.07) is 0. The Balaban J connectivity index is 0. The normalized spacial score (nSPS) is 9.18. The summed E-state index contributed by atoms with van der Waals surface area (Å²) in [7, 11) is 0. The number of esters is 2. The molecule has 0 spiro atoms. The summed E-state index contributed by atoms with van der Waals surface area (Å²) < 4.78 is 19.5. The molecule has 0 rings (SSSR count). The standard InChI is InChI=1S/C9H16O4.C7H12O2/c1-3-9(10)13-8-7-12-6-5-11-4-2;1-3-5-6-9-7(8)4-2/h3H,1,4-8H2,2H3;4H,2-3,5-6H2,1H3. The molecule has 0 fully saturated rings. The summed E-state index contributed by atoms with van der Waals surface area (Å²) in [6.07, 6.45) is 4.28. The maximum atomic E-state index is 10.5. The van der Waals surface area contributed by atoms with Gasteiger partial charge in [-0.25, -0.2) is 9.59 Å². The lowest BCUT2D eigenvalue weighted by Gasteiger charge is -2.04. The molecular formula is C16H28O6. The van der Waals surface area contributed by atoms with Gasteiger partial charge >= 0.3 is 11.9 Å². The molecule has 0 unspecified atom stereocenters. The van der Waals surface area contributed by atoms with Crippen LogP contribution < -0.4 is 0 Å². The summed E-state index contributed by atoms with van der Waals surface area (Å²) in [5, 5.41) is 0. The van der Waals surface area contributed by atoms with Crippen LogP contribution in [-0.2, 0) is 28.5 Å². The van der Waals surface area contributed by atoms with E-state index in [0.29, 0.717) is 33.0 Å². The van der Waals surface area contributed by atoms with Gasteiger partial charge in [-0.1, -0.05) is 26.5 Å². The van der Waals surface area contributed by atoms with E-state index >= 15 is 0 Å². The maximum absolute atomic E-state index is 10.5. The van der Waals surface area contributed by atoms with Crippen LogP contribution in [0.4, 0.5) is 0 Å². The minimum Gasteiger partial charge on any atom is -0.463 e. The topological polar surface area (TPSA) is 71.1 Å². The number of carbonyl (C=O) groups excluding carboxylic acids is 2. The van der Waals surface area contributed by atoms with Gasteiger partial charge in [-0.3, -0.25) is 0 Å². The second-order valence-corrected chi connectivity index (χ2v) is 3.91. The fourth-order valence-electron chi connectivity index (χ4n) is 1.00. The Bertz CT molecular complexity index is 301. The second kappa shape index (κ2) is 19.3. The highest BCUT2D eigenvalue weighted by molar-refractivity contribution is 5.81. The molecule has 6 heteroatoms. The van der Waals surface area contributed by atoms with Gasteiger partial charge in [0.15, 0.2) is 0 Å². The van der Waals surface area contributed by atoms with Crippen molar-refractivity contribution in [2.45, 2.75) is 26.7 Å². The van der Waals surface area contributed by atoms with Gasteiger partial charge in [0, 0.05) is 18.8 Å². The van der Waals surface area contributed by atoms with Crippen molar-refractivity contribution in [2.75, 3.05) is 39.6 Å². The summed E-state index contributed by atoms with van der Waals surface area (Å²) in [6.45, 7) is 13.5. The van der Waals surface area contributed by atoms with Gasteiger partial charge < -0.3 is 18.9 Å². The Labute approximate surface area is 133 Å². The molecule has 0 N–H and O–H groups in total. The predicted molar refractivity (Wildman–Crippen MR) is 84.5 cm³/mol. The molecule has 0 aromatic rings. The van der Waals surface area contributed by atoms with Crippen LogP contribution in [0.25, 0.3) is 0 Å². The lowest BCUT2D eigenvalue weighted by Crippen LogP contribution is -2.11. The van der Waals surface area contributed by atoms with Crippen molar-refractivity contribution >= 4 is 11.9 Å². The average Bonchev–Trinajstić information content (AvgIpc) is 2.54. The number of hydrogen-bond donors (Lipinski definition) is 0. The van der Waals surface area contributed by atoms with Crippen LogP contribution in [0.1, 0.15) is 26.7 Å². The third-order valence-electron chi connectivity index (χ3n) is 2.12. The van der Waals surface area contributed by atoms with Crippen molar-refractivity contribution in [3.05, 3.63) is 25.3 Å². The minimum absolute atomic E-state index is 0.261. The summed E-state index contributed by atoms with van der Waals surface area (Å²) in [5.41, 5.74) is 0. The van der Waals surface area contributed by atoms with E-state index in [9.17, 15) is 9.59 Å². The summed E-state index contributed by atoms with van der Waals surface area (Å²) >= 11 is 0. The van der Waals surface area contributed by atoms with Crippen molar-refractivity contribution in [2.24, 2.45) is 0 Å². The van der Waals surface area contributed by atoms with Crippen LogP contribution in [-0.4, -0.2) is 51.6 Å². The van der Waals surface area contributed by atoms with Gasteiger partial charge in [0.1, 0.15) is 6.61 Å². The Kier molecular flexibility index (Phi) is 19.9. The third-order valence-corrected chi connectivity index (χ3v) is 2.12. The molecule has 0 saturated heterocycles. The number of carbonyl (C=O) groups is 2. The quantitative estimate of drug-likeness (QED) is 0.312. The van der Waals surface area contributed by atoms with E-state index in [1.807, 2.05) is 13.8 Å². The highest BCUT2D eigenvalue weighted by atomic mass is 16.6. The molecule has 0 aromatic carbocycles. The molecule has 0 saturated carbocycles. The molecule has 0 radical (unpaired) electrons. The first-order valence-electron chi connectivity index (χ1n) is 7.36. The zero-order valence-electron chi connectivity index (χ0n) is 13.7. The third kappa shape index (κ3) is 20.7. The van der Waals surface area contributed by atoms with E-state index in [4.69, 9.17) is 9.47 Å². The van der Waals surface area contributed by atoms with E-state index in [1.54, 1.807) is 0 Å². The number of unbranched alkanes of at least 4 members (excludes halogenated alkanes) is 1. The highest BCUT2D eigenvalue weighted by Crippen LogP contribution is 1.88. The van der Waals surface area contributed by atoms with Gasteiger partial charge in [0.05, 0.1) is 26.4 Å². The van der Waals surface area contributed by atoms with E-state index in [1.165, 1.54) is 6.08 Å². The van der Waals surface area contributed by atoms with Gasteiger partial charge in [0.25, 0.3) is 0 Å². The lowest BCUT2D eigenvalue weighted by atomic mass is 10.4. The SMILES string of the molecule is C=CC(=O)OCCCC.C=CC(=O)OCCOCCOCC. The lowest BCUT2D eigenvalue weighted by molar-refractivity contribution is -0.139. The molecule has 128 valence electrons. The molecule has 0 heterocycles. The Morgan fingerprint density at radius 3 is 1.82 bits per heavy atom. The van der Waals surface area contributed by atoms with Crippen LogP contribution >= 0.6 is 0 Å². The molecule has 0 amide bonds. The van der Waals surface area contributed by atoms with Crippen molar-refractivity contribution < 1.29 is 28.5 Å². The van der Waals surface area contributed by atoms with Crippen LogP contribution in [0.2, 0.25) is 0 Å². The fourth-order valence-corrected chi connectivity index (χ4v) is 1.00. The van der Waals surface area contributed by atoms with Crippen molar-refractivity contribution in [3.8, 4) is 0 Å². The smallest absolute Gasteiger partial charge is 0.330 e. The first-order valence-corrected chi connectivity index (χ1v) is 7.36. The second-order valence-electron chi connectivity index (χ2n) is 3.91. The number of ether oxygens (including phenoxy) is 4. The maximum Gasteiger partial charge on any atom is 0.330 e. The Morgan fingerprint density at radius 1 is 0.818 bits per heavy atom. The first kappa shape index (κ1) is 22.6. The molecule has 0 atom stereocenters. The van der Waals surface area contributed by atoms with Crippen molar-refractivity contribution in [1.82, 2.24) is 0 Å². The van der Waals surface area contributed by atoms with Gasteiger partial charge in [-0.15, -0.1) is 0 Å². The number of hydrogen-bond acceptors (Lipinski definition) is 6. The molecular weight excluding hydrogens is 288 g/mol. The summed E-state index contributed by atoms with van der Waals surface area (Å²) in [4.78, 5) is 20.9. The molecule has 6 nitrogen and oxygen atoms in total. The van der Waals surface area contributed by atoms with Crippen LogP contribution in [0.15, 0.2) is 25.3 Å². The van der Waals surface area contributed by atoms with Crippen LogP contribution in [0.5, 0.6) is 0 Å². The average molecular weight is 316 g/mol. The zero-order valence-corrected chi connectivity index (χ0v) is 13.7. The fraction of sp³-hybridized carbons (Fsp3) is 0.625. The molecule has 22 heavy (non-hydrogen) atoms. The zero-order chi connectivity index (χ0) is 17.1. The van der Waals surface area contributed by atoms with Gasteiger partial charge in [-0.05, 0) is 13.3 Å². The van der Waals surface area contributed by atoms with Crippen molar-refractivity contribution in [3.63, 3.8) is 0 Å². The minimum atomic E-state index is -0.423. The molecule has 0 aromatic heterocycles. The monoisotopic (exact) mass is 316 g/mol. The van der Waals surface area contributed by atoms with E-state index in [2.05, 4.69) is 22.6 Å². The molecule has 0 aliphatic rings. The van der Waals surface area contributed by atoms with Crippen LogP contribution in [0.3, 0.4) is 0 Å². The van der Waals surface area contributed by atoms with Crippen LogP contribution in [0, 0.1) is 0 Å². The van der Waals surface area contributed by atoms with E-state index in [0.717, 1.165) is 18.9 Å².